The van der Waals surface area contributed by atoms with Gasteiger partial charge in [0, 0.05) is 97.7 Å². The number of hydrogen-bond donors (Lipinski definition) is 0. The van der Waals surface area contributed by atoms with Crippen molar-refractivity contribution >= 4 is 154 Å². The first-order chi connectivity index (χ1) is 53.2. The summed E-state index contributed by atoms with van der Waals surface area (Å²) in [6, 6.07) is 107. The van der Waals surface area contributed by atoms with Crippen LogP contribution in [0, 0.1) is 0 Å². The van der Waals surface area contributed by atoms with Crippen LogP contribution in [-0.2, 0) is 27.1 Å². The van der Waals surface area contributed by atoms with Crippen LogP contribution in [0.3, 0.4) is 0 Å². The topological polar surface area (TPSA) is 29.5 Å². The largest absolute Gasteiger partial charge is 0.453 e. The Morgan fingerprint density at radius 3 is 1.22 bits per heavy atom. The normalized spacial score (nSPS) is 13.5. The number of furan rings is 1. The Kier molecular flexibility index (Phi) is 15.1. The molecule has 0 spiro atoms. The zero-order valence-corrected chi connectivity index (χ0v) is 67.1. The zero-order valence-electron chi connectivity index (χ0n) is 66.2. The molecule has 0 saturated carbocycles. The average molecular weight is 1460 g/mol. The molecule has 0 unspecified atom stereocenters. The maximum absolute atomic E-state index is 7.78. The van der Waals surface area contributed by atoms with Gasteiger partial charge < -0.3 is 23.4 Å². The Labute approximate surface area is 655 Å². The SMILES string of the molecule is CC(C)(C)c1cc2c3c(c1)N(c1cccc4c1oc1c(-c5ccc6sc7ccccc7c6c5)cccc14)c1cc(-n4c5ccc(C(C)(C)C)cc5c5cc(C(C)(C)C)ccc54)ccc1B3c1ccc(-n3c4ccc(C(C)(C)C)cc4c4cc(C(C)(C)C)ccc43)cc1N2c1ccc(-c2ccccc2)cc1-c1ccccc1. The molecule has 0 fully saturated rings. The van der Waals surface area contributed by atoms with E-state index in [9.17, 15) is 0 Å². The predicted octanol–water partition coefficient (Wildman–Crippen LogP) is 27.7. The Morgan fingerprint density at radius 1 is 0.261 bits per heavy atom. The molecule has 5 nitrogen and oxygen atoms in total. The van der Waals surface area contributed by atoms with Crippen LogP contribution in [0.2, 0.25) is 0 Å². The number of thiophene rings is 1. The number of fused-ring (bicyclic) bond motifs is 16. The van der Waals surface area contributed by atoms with Gasteiger partial charge in [0.25, 0.3) is 6.71 Å². The molecule has 0 N–H and O–H groups in total. The molecule has 7 heteroatoms. The summed E-state index contributed by atoms with van der Waals surface area (Å²) in [5.41, 5.74) is 31.7. The number of para-hydroxylation sites is 2. The van der Waals surface area contributed by atoms with Crippen molar-refractivity contribution in [2.75, 3.05) is 9.80 Å². The number of hydrogen-bond acceptors (Lipinski definition) is 4. The van der Waals surface area contributed by atoms with Crippen molar-refractivity contribution in [1.29, 1.82) is 0 Å². The summed E-state index contributed by atoms with van der Waals surface area (Å²) in [7, 11) is 0. The lowest BCUT2D eigenvalue weighted by Crippen LogP contribution is -2.61. The van der Waals surface area contributed by atoms with Gasteiger partial charge in [-0.1, -0.05) is 262 Å². The molecule has 2 aliphatic heterocycles. The zero-order chi connectivity index (χ0) is 76.3. The molecule has 0 bridgehead atoms. The Balaban J connectivity index is 0.901. The molecular weight excluding hydrogens is 1360 g/mol. The van der Waals surface area contributed by atoms with Gasteiger partial charge in [0.05, 0.1) is 33.4 Å². The van der Waals surface area contributed by atoms with Gasteiger partial charge >= 0.3 is 0 Å². The summed E-state index contributed by atoms with van der Waals surface area (Å²) in [4.78, 5) is 5.28. The van der Waals surface area contributed by atoms with Gasteiger partial charge in [-0.2, -0.15) is 0 Å². The number of benzene rings is 14. The predicted molar refractivity (Wildman–Crippen MR) is 479 cm³/mol. The van der Waals surface area contributed by atoms with E-state index in [0.717, 1.165) is 95.3 Å². The smallest absolute Gasteiger partial charge is 0.252 e. The molecule has 4 aromatic heterocycles. The second-order valence-corrected chi connectivity index (χ2v) is 37.7. The molecule has 0 atom stereocenters. The lowest BCUT2D eigenvalue weighted by atomic mass is 9.33. The minimum absolute atomic E-state index is 0.0535. The lowest BCUT2D eigenvalue weighted by molar-refractivity contribution is 0.590. The highest BCUT2D eigenvalue weighted by atomic mass is 32.1. The molecule has 2 aliphatic rings. The molecular formula is C104H91BN4OS. The number of nitrogens with zero attached hydrogens (tertiary/aromatic N) is 4. The van der Waals surface area contributed by atoms with Gasteiger partial charge in [0.2, 0.25) is 0 Å². The van der Waals surface area contributed by atoms with E-state index in [1.54, 1.807) is 0 Å². The van der Waals surface area contributed by atoms with E-state index < -0.39 is 0 Å². The minimum atomic E-state index is -0.321. The third-order valence-electron chi connectivity index (χ3n) is 24.3. The number of aromatic nitrogens is 2. The molecule has 0 aliphatic carbocycles. The maximum atomic E-state index is 7.78. The third kappa shape index (κ3) is 10.9. The van der Waals surface area contributed by atoms with E-state index in [0.29, 0.717) is 0 Å². The van der Waals surface area contributed by atoms with Crippen molar-refractivity contribution in [3.8, 4) is 44.8 Å². The van der Waals surface area contributed by atoms with Crippen LogP contribution < -0.4 is 26.2 Å². The highest BCUT2D eigenvalue weighted by molar-refractivity contribution is 7.25. The van der Waals surface area contributed by atoms with Crippen LogP contribution in [0.15, 0.2) is 283 Å². The van der Waals surface area contributed by atoms with E-state index in [1.807, 2.05) is 11.3 Å². The molecule has 0 radical (unpaired) electrons. The van der Waals surface area contributed by atoms with Crippen LogP contribution in [0.25, 0.3) is 130 Å². The fourth-order valence-corrected chi connectivity index (χ4v) is 19.2. The molecule has 20 rings (SSSR count). The highest BCUT2D eigenvalue weighted by Crippen LogP contribution is 2.53. The highest BCUT2D eigenvalue weighted by Gasteiger charge is 2.46. The van der Waals surface area contributed by atoms with E-state index in [-0.39, 0.29) is 33.8 Å². The summed E-state index contributed by atoms with van der Waals surface area (Å²) < 4.78 is 15.5. The van der Waals surface area contributed by atoms with Gasteiger partial charge in [-0.3, -0.25) is 0 Å². The van der Waals surface area contributed by atoms with Crippen molar-refractivity contribution in [3.63, 3.8) is 0 Å². The molecule has 18 aromatic rings. The molecule has 14 aromatic carbocycles. The van der Waals surface area contributed by atoms with E-state index in [2.05, 4.69) is 402 Å². The van der Waals surface area contributed by atoms with Gasteiger partial charge in [-0.05, 0) is 215 Å². The molecule has 6 heterocycles. The summed E-state index contributed by atoms with van der Waals surface area (Å²) in [6.45, 7) is 34.9. The second kappa shape index (κ2) is 24.4. The van der Waals surface area contributed by atoms with Crippen molar-refractivity contribution in [2.45, 2.75) is 131 Å². The molecule has 0 amide bonds. The van der Waals surface area contributed by atoms with Gasteiger partial charge in [-0.15, -0.1) is 11.3 Å². The van der Waals surface area contributed by atoms with Crippen LogP contribution >= 0.6 is 11.3 Å². The van der Waals surface area contributed by atoms with E-state index in [4.69, 9.17) is 4.42 Å². The van der Waals surface area contributed by atoms with Crippen LogP contribution in [0.4, 0.5) is 34.1 Å². The van der Waals surface area contributed by atoms with Gasteiger partial charge in [0.15, 0.2) is 5.58 Å². The van der Waals surface area contributed by atoms with Crippen molar-refractivity contribution in [2.24, 2.45) is 0 Å². The summed E-state index contributed by atoms with van der Waals surface area (Å²) >= 11 is 1.85. The number of rotatable bonds is 7. The fraction of sp³-hybridized carbons (Fsp3) is 0.192. The Morgan fingerprint density at radius 2 is 0.703 bits per heavy atom. The van der Waals surface area contributed by atoms with Crippen molar-refractivity contribution in [1.82, 2.24) is 9.13 Å². The van der Waals surface area contributed by atoms with E-state index >= 15 is 0 Å². The second-order valence-electron chi connectivity index (χ2n) is 36.6. The van der Waals surface area contributed by atoms with Crippen molar-refractivity contribution in [3.05, 3.63) is 307 Å². The van der Waals surface area contributed by atoms with E-state index in [1.165, 1.54) is 114 Å². The first-order valence-corrected chi connectivity index (χ1v) is 40.4. The molecule has 542 valence electrons. The van der Waals surface area contributed by atoms with Gasteiger partial charge in [0.1, 0.15) is 5.58 Å². The first-order valence-electron chi connectivity index (χ1n) is 39.6. The quantitative estimate of drug-likeness (QED) is 0.149. The van der Waals surface area contributed by atoms with Crippen molar-refractivity contribution < 1.29 is 4.42 Å². The molecule has 111 heavy (non-hydrogen) atoms. The van der Waals surface area contributed by atoms with Crippen LogP contribution in [0.1, 0.15) is 132 Å². The Hall–Kier alpha value is -11.6. The maximum Gasteiger partial charge on any atom is 0.252 e. The summed E-state index contributed by atoms with van der Waals surface area (Å²) in [5, 5.41) is 9.74. The summed E-state index contributed by atoms with van der Waals surface area (Å²) in [6.07, 6.45) is 0. The number of anilines is 6. The summed E-state index contributed by atoms with van der Waals surface area (Å²) in [5.74, 6) is 0. The standard InChI is InChI=1S/C104H91BN4OS/c1-100(2,3)66-38-47-86-78(54-66)79-55-67(101(4,5)6)39-48-87(79)106(86)71-42-44-83-91(60-71)108(85-46-36-64(62-26-18-16-19-27-62)52-77(85)63-28-20-17-21-29-63)93-58-70(104(13,14)15)59-94-97(93)105(83)84-45-43-72(107-88-49-40-68(102(7,8)9)56-80(88)81-57-69(103(10,11)12)41-50-89(81)107)61-92(84)109(94)90-34-25-33-76-75-32-24-31-73(98(75)110-99(76)90)65-37-51-96-82(53-65)74-30-22-23-35-95(74)111-96/h16-61H,1-15H3. The van der Waals surface area contributed by atoms with Gasteiger partial charge in [-0.25, -0.2) is 0 Å². The minimum Gasteiger partial charge on any atom is -0.453 e. The molecule has 0 saturated heterocycles. The first kappa shape index (κ1) is 68.6. The lowest BCUT2D eigenvalue weighted by Gasteiger charge is -2.45. The monoisotopic (exact) mass is 1450 g/mol. The van der Waals surface area contributed by atoms with Crippen LogP contribution in [-0.4, -0.2) is 15.8 Å². The fourth-order valence-electron chi connectivity index (χ4n) is 18.2. The average Bonchev–Trinajstić information content (AvgIpc) is 0.916. The Bertz CT molecular complexity index is 6780. The van der Waals surface area contributed by atoms with Crippen LogP contribution in [0.5, 0.6) is 0 Å². The third-order valence-corrected chi connectivity index (χ3v) is 25.4.